The lowest BCUT2D eigenvalue weighted by Crippen LogP contribution is -2.47. The van der Waals surface area contributed by atoms with Gasteiger partial charge >= 0.3 is 5.69 Å². The van der Waals surface area contributed by atoms with Crippen LogP contribution in [-0.2, 0) is 0 Å². The molecule has 1 fully saturated rings. The van der Waals surface area contributed by atoms with Crippen LogP contribution < -0.4 is 21.0 Å². The van der Waals surface area contributed by atoms with Crippen molar-refractivity contribution in [3.05, 3.63) is 86.7 Å². The molecule has 0 radical (unpaired) electrons. The number of aryl methyl sites for hydroxylation is 1. The summed E-state index contributed by atoms with van der Waals surface area (Å²) in [4.78, 5) is 41.7. The zero-order valence-corrected chi connectivity index (χ0v) is 18.1. The van der Waals surface area contributed by atoms with Gasteiger partial charge in [-0.1, -0.05) is 30.3 Å². The molecule has 0 bridgehead atoms. The van der Waals surface area contributed by atoms with Gasteiger partial charge < -0.3 is 9.80 Å². The van der Waals surface area contributed by atoms with E-state index in [1.165, 1.54) is 23.0 Å². The Balaban J connectivity index is 1.42. The molecule has 32 heavy (non-hydrogen) atoms. The summed E-state index contributed by atoms with van der Waals surface area (Å²) in [5.74, 6) is 0.519. The second-order valence-electron chi connectivity index (χ2n) is 8.03. The number of aromatic nitrogens is 4. The van der Waals surface area contributed by atoms with Crippen molar-refractivity contribution in [2.24, 2.45) is 0 Å². The molecule has 1 N–H and O–H groups in total. The Bertz CT molecular complexity index is 1400. The first-order chi connectivity index (χ1) is 15.5. The van der Waals surface area contributed by atoms with Gasteiger partial charge in [0.25, 0.3) is 5.56 Å². The molecule has 5 rings (SSSR count). The molecule has 0 amide bonds. The molecule has 4 aromatic rings. The van der Waals surface area contributed by atoms with Crippen LogP contribution in [0.5, 0.6) is 0 Å². The number of nitrogens with one attached hydrogen (secondary N) is 1. The quantitative estimate of drug-likeness (QED) is 0.539. The van der Waals surface area contributed by atoms with E-state index in [9.17, 15) is 9.59 Å². The van der Waals surface area contributed by atoms with Crippen LogP contribution >= 0.6 is 0 Å². The minimum atomic E-state index is -0.516. The van der Waals surface area contributed by atoms with Gasteiger partial charge in [-0.15, -0.1) is 0 Å². The fourth-order valence-electron chi connectivity index (χ4n) is 4.18. The van der Waals surface area contributed by atoms with Crippen LogP contribution in [0.25, 0.3) is 16.7 Å². The van der Waals surface area contributed by atoms with Crippen molar-refractivity contribution in [2.75, 3.05) is 36.0 Å². The van der Waals surface area contributed by atoms with Crippen LogP contribution in [0.3, 0.4) is 0 Å². The number of rotatable bonds is 3. The van der Waals surface area contributed by atoms with E-state index in [1.807, 2.05) is 6.07 Å². The van der Waals surface area contributed by atoms with Gasteiger partial charge in [0.1, 0.15) is 5.39 Å². The largest absolute Gasteiger partial charge is 0.368 e. The van der Waals surface area contributed by atoms with Gasteiger partial charge in [0.2, 0.25) is 5.95 Å². The highest BCUT2D eigenvalue weighted by Gasteiger charge is 2.21. The van der Waals surface area contributed by atoms with Crippen LogP contribution in [0.1, 0.15) is 11.1 Å². The van der Waals surface area contributed by atoms with Gasteiger partial charge in [0.05, 0.1) is 5.69 Å². The molecule has 162 valence electrons. The topological polar surface area (TPSA) is 87.1 Å². The summed E-state index contributed by atoms with van der Waals surface area (Å²) >= 11 is 0. The molecular weight excluding hydrogens is 404 g/mol. The summed E-state index contributed by atoms with van der Waals surface area (Å²) in [6, 6.07) is 15.2. The maximum atomic E-state index is 12.9. The lowest BCUT2D eigenvalue weighted by atomic mass is 10.1. The Kier molecular flexibility index (Phi) is 4.97. The van der Waals surface area contributed by atoms with E-state index in [-0.39, 0.29) is 11.0 Å². The van der Waals surface area contributed by atoms with Crippen molar-refractivity contribution in [1.29, 1.82) is 0 Å². The first-order valence-electron chi connectivity index (χ1n) is 10.7. The number of aromatic amines is 1. The molecule has 1 aliphatic heterocycles. The summed E-state index contributed by atoms with van der Waals surface area (Å²) in [5, 5.41) is 0.284. The molecule has 0 saturated carbocycles. The first-order valence-corrected chi connectivity index (χ1v) is 10.7. The SMILES string of the molecule is Cc1cccc(N2CCN(c3ncc4c(=O)n(-c5ccccc5)c(=O)[nH]c4n3)CC2)c1C. The molecule has 2 aromatic carbocycles. The van der Waals surface area contributed by atoms with Gasteiger partial charge in [-0.25, -0.2) is 14.3 Å². The molecule has 0 aliphatic carbocycles. The number of benzene rings is 2. The maximum Gasteiger partial charge on any atom is 0.334 e. The van der Waals surface area contributed by atoms with E-state index in [0.29, 0.717) is 11.6 Å². The minimum absolute atomic E-state index is 0.258. The van der Waals surface area contributed by atoms with Crippen molar-refractivity contribution in [3.8, 4) is 5.69 Å². The van der Waals surface area contributed by atoms with E-state index in [2.05, 4.69) is 56.8 Å². The number of fused-ring (bicyclic) bond motifs is 1. The third-order valence-corrected chi connectivity index (χ3v) is 6.13. The van der Waals surface area contributed by atoms with Crippen molar-refractivity contribution >= 4 is 22.7 Å². The van der Waals surface area contributed by atoms with E-state index < -0.39 is 11.2 Å². The molecule has 0 spiro atoms. The molecule has 1 saturated heterocycles. The van der Waals surface area contributed by atoms with Crippen molar-refractivity contribution in [1.82, 2.24) is 19.5 Å². The second kappa shape index (κ2) is 7.96. The Hall–Kier alpha value is -3.94. The number of H-pyrrole nitrogens is 1. The van der Waals surface area contributed by atoms with Gasteiger partial charge in [0.15, 0.2) is 5.65 Å². The highest BCUT2D eigenvalue weighted by molar-refractivity contribution is 5.74. The van der Waals surface area contributed by atoms with Crippen LogP contribution in [0.15, 0.2) is 64.3 Å². The molecule has 1 aliphatic rings. The smallest absolute Gasteiger partial charge is 0.334 e. The molecular formula is C24H24N6O2. The predicted molar refractivity (Wildman–Crippen MR) is 126 cm³/mol. The minimum Gasteiger partial charge on any atom is -0.368 e. The molecule has 8 nitrogen and oxygen atoms in total. The summed E-state index contributed by atoms with van der Waals surface area (Å²) in [6.07, 6.45) is 1.51. The zero-order chi connectivity index (χ0) is 22.2. The highest BCUT2D eigenvalue weighted by Crippen LogP contribution is 2.24. The van der Waals surface area contributed by atoms with E-state index in [4.69, 9.17) is 0 Å². The third-order valence-electron chi connectivity index (χ3n) is 6.13. The number of anilines is 2. The predicted octanol–water partition coefficient (Wildman–Crippen LogP) is 2.41. The monoisotopic (exact) mass is 428 g/mol. The Labute approximate surface area is 184 Å². The average Bonchev–Trinajstić information content (AvgIpc) is 2.81. The number of hydrogen-bond acceptors (Lipinski definition) is 6. The van der Waals surface area contributed by atoms with Crippen LogP contribution in [-0.4, -0.2) is 45.7 Å². The Morgan fingerprint density at radius 3 is 2.34 bits per heavy atom. The van der Waals surface area contributed by atoms with Crippen LogP contribution in [0.2, 0.25) is 0 Å². The summed E-state index contributed by atoms with van der Waals surface area (Å²) in [5.41, 5.74) is 3.67. The molecule has 8 heteroatoms. The second-order valence-corrected chi connectivity index (χ2v) is 8.03. The van der Waals surface area contributed by atoms with Crippen LogP contribution in [0, 0.1) is 13.8 Å². The number of nitrogens with zero attached hydrogens (tertiary/aromatic N) is 5. The van der Waals surface area contributed by atoms with Crippen molar-refractivity contribution in [2.45, 2.75) is 13.8 Å². The lowest BCUT2D eigenvalue weighted by molar-refractivity contribution is 0.639. The highest BCUT2D eigenvalue weighted by atomic mass is 16.2. The molecule has 0 atom stereocenters. The standard InChI is InChI=1S/C24H24N6O2/c1-16-7-6-10-20(17(16)2)28-11-13-29(14-12-28)23-25-15-19-21(26-23)27-24(32)30(22(19)31)18-8-4-3-5-9-18/h3-10,15H,11-14H2,1-2H3,(H,25,26,27,32). The summed E-state index contributed by atoms with van der Waals surface area (Å²) in [7, 11) is 0. The maximum absolute atomic E-state index is 12.9. The van der Waals surface area contributed by atoms with Gasteiger partial charge in [-0.3, -0.25) is 9.78 Å². The number of piperazine rings is 1. The Morgan fingerprint density at radius 1 is 0.875 bits per heavy atom. The van der Waals surface area contributed by atoms with E-state index in [1.54, 1.807) is 24.3 Å². The average molecular weight is 428 g/mol. The summed E-state index contributed by atoms with van der Waals surface area (Å²) < 4.78 is 1.11. The summed E-state index contributed by atoms with van der Waals surface area (Å²) in [6.45, 7) is 7.48. The molecule has 0 unspecified atom stereocenters. The molecule has 2 aromatic heterocycles. The zero-order valence-electron chi connectivity index (χ0n) is 18.1. The first kappa shape index (κ1) is 20.0. The fraction of sp³-hybridized carbons (Fsp3) is 0.250. The Morgan fingerprint density at radius 2 is 1.59 bits per heavy atom. The normalized spacial score (nSPS) is 14.2. The fourth-order valence-corrected chi connectivity index (χ4v) is 4.18. The van der Waals surface area contributed by atoms with Crippen LogP contribution in [0.4, 0.5) is 11.6 Å². The van der Waals surface area contributed by atoms with E-state index >= 15 is 0 Å². The van der Waals surface area contributed by atoms with Gasteiger partial charge in [-0.05, 0) is 43.2 Å². The lowest BCUT2D eigenvalue weighted by Gasteiger charge is -2.37. The third kappa shape index (κ3) is 3.43. The van der Waals surface area contributed by atoms with Gasteiger partial charge in [-0.2, -0.15) is 4.98 Å². The number of para-hydroxylation sites is 1. The molecule has 3 heterocycles. The van der Waals surface area contributed by atoms with E-state index in [0.717, 1.165) is 30.7 Å². The number of hydrogen-bond donors (Lipinski definition) is 1. The van der Waals surface area contributed by atoms with Gasteiger partial charge in [0, 0.05) is 38.1 Å². The van der Waals surface area contributed by atoms with Crippen molar-refractivity contribution in [3.63, 3.8) is 0 Å². The van der Waals surface area contributed by atoms with Crippen molar-refractivity contribution < 1.29 is 0 Å².